The van der Waals surface area contributed by atoms with Crippen molar-refractivity contribution in [2.24, 2.45) is 5.73 Å². The number of fused-ring (bicyclic) bond motifs is 1. The van der Waals surface area contributed by atoms with E-state index in [1.54, 1.807) is 47.5 Å². The van der Waals surface area contributed by atoms with Gasteiger partial charge in [-0.2, -0.15) is 0 Å². The molecule has 26 heavy (non-hydrogen) atoms. The fourth-order valence-corrected chi connectivity index (χ4v) is 3.48. The van der Waals surface area contributed by atoms with Crippen LogP contribution < -0.4 is 10.5 Å². The van der Waals surface area contributed by atoms with Gasteiger partial charge >= 0.3 is 0 Å². The Morgan fingerprint density at radius 2 is 1.88 bits per heavy atom. The predicted molar refractivity (Wildman–Crippen MR) is 101 cm³/mol. The highest BCUT2D eigenvalue weighted by atomic mass is 32.1. The van der Waals surface area contributed by atoms with Gasteiger partial charge in [-0.3, -0.25) is 9.59 Å². The summed E-state index contributed by atoms with van der Waals surface area (Å²) in [4.78, 5) is 29.7. The minimum atomic E-state index is -0.503. The number of amides is 2. The number of thiazole rings is 1. The van der Waals surface area contributed by atoms with Crippen LogP contribution in [-0.2, 0) is 4.79 Å². The number of hydrogen-bond donors (Lipinski definition) is 1. The summed E-state index contributed by atoms with van der Waals surface area (Å²) in [6.45, 7) is 1.85. The quantitative estimate of drug-likeness (QED) is 0.724. The van der Waals surface area contributed by atoms with Crippen LogP contribution in [0.5, 0.6) is 5.75 Å². The molecule has 0 aliphatic heterocycles. The highest BCUT2D eigenvalue weighted by Crippen LogP contribution is 2.28. The molecular formula is C19H19N3O3S. The minimum absolute atomic E-state index is 0.0956. The van der Waals surface area contributed by atoms with Crippen LogP contribution in [0.15, 0.2) is 48.5 Å². The highest BCUT2D eigenvalue weighted by Gasteiger charge is 2.21. The number of aromatic nitrogens is 1. The molecule has 2 aromatic carbocycles. The van der Waals surface area contributed by atoms with Crippen molar-refractivity contribution in [3.05, 3.63) is 59.1 Å². The number of carbonyl (C=O) groups excluding carboxylic acids is 2. The van der Waals surface area contributed by atoms with E-state index in [4.69, 9.17) is 10.5 Å². The van der Waals surface area contributed by atoms with Crippen molar-refractivity contribution in [1.82, 2.24) is 9.88 Å². The summed E-state index contributed by atoms with van der Waals surface area (Å²) in [5, 5.41) is 0.882. The third kappa shape index (κ3) is 3.83. The van der Waals surface area contributed by atoms with Crippen molar-refractivity contribution in [1.29, 1.82) is 0 Å². The van der Waals surface area contributed by atoms with E-state index in [2.05, 4.69) is 4.98 Å². The molecule has 1 atom stereocenters. The molecular weight excluding hydrogens is 350 g/mol. The molecule has 2 amide bonds. The van der Waals surface area contributed by atoms with Crippen molar-refractivity contribution in [3.8, 4) is 5.75 Å². The first-order chi connectivity index (χ1) is 12.5. The number of primary amides is 1. The van der Waals surface area contributed by atoms with Crippen molar-refractivity contribution in [2.75, 3.05) is 13.7 Å². The smallest absolute Gasteiger partial charge is 0.260 e. The topological polar surface area (TPSA) is 85.5 Å². The zero-order chi connectivity index (χ0) is 18.7. The average molecular weight is 369 g/mol. The van der Waals surface area contributed by atoms with Crippen molar-refractivity contribution >= 4 is 33.4 Å². The zero-order valence-electron chi connectivity index (χ0n) is 14.5. The van der Waals surface area contributed by atoms with Crippen LogP contribution in [0.2, 0.25) is 0 Å². The number of nitrogens with two attached hydrogens (primary N) is 1. The van der Waals surface area contributed by atoms with Crippen LogP contribution in [0.1, 0.15) is 28.3 Å². The van der Waals surface area contributed by atoms with Gasteiger partial charge in [-0.1, -0.05) is 12.1 Å². The van der Waals surface area contributed by atoms with E-state index in [1.165, 1.54) is 0 Å². The summed E-state index contributed by atoms with van der Waals surface area (Å²) in [6.07, 6.45) is 0. The van der Waals surface area contributed by atoms with Gasteiger partial charge in [0.1, 0.15) is 10.8 Å². The largest absolute Gasteiger partial charge is 0.484 e. The number of nitrogens with zero attached hydrogens (tertiary/aromatic N) is 2. The number of rotatable bonds is 6. The first-order valence-electron chi connectivity index (χ1n) is 8.09. The predicted octanol–water partition coefficient (Wildman–Crippen LogP) is 2.99. The Labute approximate surface area is 155 Å². The normalized spacial score (nSPS) is 11.9. The summed E-state index contributed by atoms with van der Waals surface area (Å²) in [6, 6.07) is 14.1. The molecule has 0 bridgehead atoms. The Hall–Kier alpha value is -2.93. The van der Waals surface area contributed by atoms with Crippen LogP contribution in [0, 0.1) is 0 Å². The second-order valence-electron chi connectivity index (χ2n) is 5.88. The Bertz CT molecular complexity index is 904. The van der Waals surface area contributed by atoms with Gasteiger partial charge in [0.2, 0.25) is 5.91 Å². The van der Waals surface area contributed by atoms with E-state index in [0.717, 1.165) is 15.2 Å². The second-order valence-corrected chi connectivity index (χ2v) is 6.94. The summed E-state index contributed by atoms with van der Waals surface area (Å²) >= 11 is 1.58. The van der Waals surface area contributed by atoms with Gasteiger partial charge in [0, 0.05) is 12.6 Å². The summed E-state index contributed by atoms with van der Waals surface area (Å²) < 4.78 is 6.61. The minimum Gasteiger partial charge on any atom is -0.484 e. The van der Waals surface area contributed by atoms with E-state index < -0.39 is 5.91 Å². The van der Waals surface area contributed by atoms with E-state index in [1.807, 2.05) is 31.2 Å². The first kappa shape index (κ1) is 17.9. The third-order valence-corrected chi connectivity index (χ3v) is 5.35. The standard InChI is InChI=1S/C19H19N3O3S/c1-12(19-21-15-5-3-4-6-16(15)26-19)22(2)17(23)11-25-14-9-7-13(8-10-14)18(20)24/h3-10,12H,11H2,1-2H3,(H2,20,24)/t12-/m1/s1. The Kier molecular flexibility index (Phi) is 5.18. The van der Waals surface area contributed by atoms with Gasteiger partial charge in [-0.25, -0.2) is 4.98 Å². The molecule has 0 fully saturated rings. The Morgan fingerprint density at radius 3 is 2.54 bits per heavy atom. The van der Waals surface area contributed by atoms with Crippen LogP contribution in [0.25, 0.3) is 10.2 Å². The van der Waals surface area contributed by atoms with Crippen molar-refractivity contribution in [2.45, 2.75) is 13.0 Å². The Morgan fingerprint density at radius 1 is 1.19 bits per heavy atom. The van der Waals surface area contributed by atoms with Crippen molar-refractivity contribution in [3.63, 3.8) is 0 Å². The molecule has 0 spiro atoms. The average Bonchev–Trinajstić information content (AvgIpc) is 3.09. The number of benzene rings is 2. The molecule has 0 saturated carbocycles. The molecule has 3 aromatic rings. The van der Waals surface area contributed by atoms with E-state index >= 15 is 0 Å². The van der Waals surface area contributed by atoms with Gasteiger partial charge in [0.05, 0.1) is 16.3 Å². The molecule has 3 rings (SSSR count). The number of ether oxygens (including phenoxy) is 1. The zero-order valence-corrected chi connectivity index (χ0v) is 15.3. The molecule has 6 nitrogen and oxygen atoms in total. The van der Waals surface area contributed by atoms with Gasteiger partial charge in [-0.15, -0.1) is 11.3 Å². The second kappa shape index (κ2) is 7.53. The molecule has 0 unspecified atom stereocenters. The summed E-state index contributed by atoms with van der Waals surface area (Å²) in [5.41, 5.74) is 6.53. The summed E-state index contributed by atoms with van der Waals surface area (Å²) in [5.74, 6) is -0.155. The maximum Gasteiger partial charge on any atom is 0.260 e. The van der Waals surface area contributed by atoms with Crippen LogP contribution in [0.4, 0.5) is 0 Å². The van der Waals surface area contributed by atoms with Gasteiger partial charge in [-0.05, 0) is 43.3 Å². The number of para-hydroxylation sites is 1. The van der Waals surface area contributed by atoms with E-state index in [9.17, 15) is 9.59 Å². The summed E-state index contributed by atoms with van der Waals surface area (Å²) in [7, 11) is 1.73. The van der Waals surface area contributed by atoms with Gasteiger partial charge in [0.25, 0.3) is 5.91 Å². The SMILES string of the molecule is C[C@H](c1nc2ccccc2s1)N(C)C(=O)COc1ccc(C(N)=O)cc1. The molecule has 0 aliphatic carbocycles. The van der Waals surface area contributed by atoms with Crippen LogP contribution in [0.3, 0.4) is 0 Å². The van der Waals surface area contributed by atoms with Crippen LogP contribution >= 0.6 is 11.3 Å². The van der Waals surface area contributed by atoms with Crippen molar-refractivity contribution < 1.29 is 14.3 Å². The number of hydrogen-bond acceptors (Lipinski definition) is 5. The molecule has 134 valence electrons. The number of likely N-dealkylation sites (N-methyl/N-ethyl adjacent to an activating group) is 1. The first-order valence-corrected chi connectivity index (χ1v) is 8.91. The van der Waals surface area contributed by atoms with E-state index in [0.29, 0.717) is 11.3 Å². The Balaban J connectivity index is 1.62. The molecule has 1 aromatic heterocycles. The lowest BCUT2D eigenvalue weighted by Gasteiger charge is -2.23. The molecule has 1 heterocycles. The number of carbonyl (C=O) groups is 2. The lowest BCUT2D eigenvalue weighted by molar-refractivity contribution is -0.134. The maximum absolute atomic E-state index is 12.4. The molecule has 7 heteroatoms. The molecule has 0 radical (unpaired) electrons. The molecule has 0 saturated heterocycles. The fraction of sp³-hybridized carbons (Fsp3) is 0.211. The van der Waals surface area contributed by atoms with Crippen LogP contribution in [-0.4, -0.2) is 35.4 Å². The molecule has 0 aliphatic rings. The maximum atomic E-state index is 12.4. The van der Waals surface area contributed by atoms with Gasteiger partial charge < -0.3 is 15.4 Å². The monoisotopic (exact) mass is 369 g/mol. The molecule has 2 N–H and O–H groups in total. The lowest BCUT2D eigenvalue weighted by atomic mass is 10.2. The van der Waals surface area contributed by atoms with Gasteiger partial charge in [0.15, 0.2) is 6.61 Å². The fourth-order valence-electron chi connectivity index (χ4n) is 2.41. The lowest BCUT2D eigenvalue weighted by Crippen LogP contribution is -2.33. The third-order valence-electron chi connectivity index (χ3n) is 4.14. The van der Waals surface area contributed by atoms with E-state index in [-0.39, 0.29) is 18.6 Å². The highest BCUT2D eigenvalue weighted by molar-refractivity contribution is 7.18.